The molecule has 0 heterocycles. The van der Waals surface area contributed by atoms with Crippen LogP contribution in [0.25, 0.3) is 0 Å². The number of phosphoric ester groups is 1. The van der Waals surface area contributed by atoms with Gasteiger partial charge in [0.1, 0.15) is 6.61 Å². The zero-order chi connectivity index (χ0) is 42.5. The van der Waals surface area contributed by atoms with Crippen molar-refractivity contribution in [3.8, 4) is 0 Å². The fourth-order valence-corrected chi connectivity index (χ4v) is 7.62. The van der Waals surface area contributed by atoms with Gasteiger partial charge in [-0.1, -0.05) is 212 Å². The van der Waals surface area contributed by atoms with Crippen LogP contribution in [0.1, 0.15) is 258 Å². The van der Waals surface area contributed by atoms with E-state index in [2.05, 4.69) is 42.7 Å². The molecule has 0 spiro atoms. The number of carbonyl (C=O) groups is 2. The Kier molecular flexibility index (Phi) is 43.9. The van der Waals surface area contributed by atoms with Crippen molar-refractivity contribution in [3.63, 3.8) is 0 Å². The Labute approximate surface area is 358 Å². The predicted octanol–water partition coefficient (Wildman–Crippen LogP) is 15.5. The average Bonchev–Trinajstić information content (AvgIpc) is 3.20. The van der Waals surface area contributed by atoms with Gasteiger partial charge in [0.2, 0.25) is 0 Å². The Morgan fingerprint density at radius 3 is 1.12 bits per heavy atom. The Morgan fingerprint density at radius 2 is 0.741 bits per heavy atom. The van der Waals surface area contributed by atoms with Crippen LogP contribution in [-0.4, -0.2) is 41.0 Å². The van der Waals surface area contributed by atoms with Gasteiger partial charge in [0.25, 0.3) is 0 Å². The van der Waals surface area contributed by atoms with Gasteiger partial charge in [0.15, 0.2) is 6.10 Å². The summed E-state index contributed by atoms with van der Waals surface area (Å²) in [5.41, 5.74) is 0. The second kappa shape index (κ2) is 45.1. The van der Waals surface area contributed by atoms with Crippen molar-refractivity contribution in [2.24, 2.45) is 0 Å². The first kappa shape index (κ1) is 56.5. The van der Waals surface area contributed by atoms with Crippen molar-refractivity contribution in [1.29, 1.82) is 0 Å². The van der Waals surface area contributed by atoms with Gasteiger partial charge in [-0.25, -0.2) is 4.57 Å². The molecule has 8 nitrogen and oxygen atoms in total. The molecule has 0 aromatic rings. The van der Waals surface area contributed by atoms with Gasteiger partial charge in [0.05, 0.1) is 6.61 Å². The minimum absolute atomic E-state index is 0.207. The third-order valence-corrected chi connectivity index (χ3v) is 11.4. The van der Waals surface area contributed by atoms with E-state index in [1.807, 2.05) is 0 Å². The largest absolute Gasteiger partial charge is 0.469 e. The van der Waals surface area contributed by atoms with Crippen LogP contribution in [0.5, 0.6) is 0 Å². The van der Waals surface area contributed by atoms with E-state index < -0.39 is 32.5 Å². The number of allylic oxidation sites excluding steroid dienone is 4. The molecule has 0 saturated carbocycles. The van der Waals surface area contributed by atoms with Crippen LogP contribution in [0.2, 0.25) is 0 Å². The second-order valence-electron chi connectivity index (χ2n) is 16.8. The van der Waals surface area contributed by atoms with Crippen LogP contribution in [0.15, 0.2) is 24.3 Å². The van der Waals surface area contributed by atoms with Gasteiger partial charge in [-0.2, -0.15) is 0 Å². The number of phosphoric acid groups is 1. The average molecular weight is 841 g/mol. The molecule has 9 heteroatoms. The first-order valence-corrected chi connectivity index (χ1v) is 26.2. The summed E-state index contributed by atoms with van der Waals surface area (Å²) in [5, 5.41) is 0. The molecule has 0 fully saturated rings. The smallest absolute Gasteiger partial charge is 0.462 e. The molecular weight excluding hydrogens is 748 g/mol. The van der Waals surface area contributed by atoms with E-state index in [0.29, 0.717) is 12.8 Å². The lowest BCUT2D eigenvalue weighted by Crippen LogP contribution is -2.29. The first-order valence-electron chi connectivity index (χ1n) is 24.6. The van der Waals surface area contributed by atoms with Crippen LogP contribution in [0.4, 0.5) is 0 Å². The fraction of sp³-hybridized carbons (Fsp3) is 0.878. The van der Waals surface area contributed by atoms with Crippen molar-refractivity contribution in [2.45, 2.75) is 264 Å². The van der Waals surface area contributed by atoms with Crippen molar-refractivity contribution >= 4 is 19.8 Å². The molecule has 1 atom stereocenters. The number of hydrogen-bond acceptors (Lipinski definition) is 6. The number of hydrogen-bond donors (Lipinski definition) is 2. The normalized spacial score (nSPS) is 12.6. The molecule has 0 aromatic heterocycles. The third kappa shape index (κ3) is 47.2. The Hall–Kier alpha value is -1.47. The summed E-state index contributed by atoms with van der Waals surface area (Å²) in [7, 11) is -4.76. The maximum atomic E-state index is 12.4. The lowest BCUT2D eigenvalue weighted by atomic mass is 10.0. The van der Waals surface area contributed by atoms with Crippen LogP contribution in [0.3, 0.4) is 0 Å². The molecular formula is C49H93O8P. The molecule has 0 aliphatic heterocycles. The monoisotopic (exact) mass is 841 g/mol. The van der Waals surface area contributed by atoms with Gasteiger partial charge in [-0.15, -0.1) is 0 Å². The summed E-state index contributed by atoms with van der Waals surface area (Å²) < 4.78 is 26.5. The summed E-state index contributed by atoms with van der Waals surface area (Å²) in [6.07, 6.45) is 53.5. The molecule has 58 heavy (non-hydrogen) atoms. The summed E-state index contributed by atoms with van der Waals surface area (Å²) in [5.74, 6) is -0.913. The number of rotatable bonds is 46. The van der Waals surface area contributed by atoms with E-state index in [1.54, 1.807) is 0 Å². The maximum Gasteiger partial charge on any atom is 0.469 e. The minimum atomic E-state index is -4.76. The van der Waals surface area contributed by atoms with Crippen LogP contribution < -0.4 is 0 Å². The number of carbonyl (C=O) groups excluding carboxylic acids is 2. The topological polar surface area (TPSA) is 119 Å². The molecule has 2 N–H and O–H groups in total. The summed E-state index contributed by atoms with van der Waals surface area (Å²) in [6.45, 7) is 3.69. The molecule has 0 radical (unpaired) electrons. The molecule has 0 aromatic carbocycles. The van der Waals surface area contributed by atoms with Crippen LogP contribution in [0, 0.1) is 0 Å². The van der Waals surface area contributed by atoms with Crippen molar-refractivity contribution < 1.29 is 37.9 Å². The van der Waals surface area contributed by atoms with E-state index in [0.717, 1.165) is 32.1 Å². The number of ether oxygens (including phenoxy) is 2. The molecule has 342 valence electrons. The molecule has 0 saturated heterocycles. The molecule has 0 bridgehead atoms. The predicted molar refractivity (Wildman–Crippen MR) is 244 cm³/mol. The third-order valence-electron chi connectivity index (χ3n) is 10.9. The Morgan fingerprint density at radius 1 is 0.431 bits per heavy atom. The van der Waals surface area contributed by atoms with Gasteiger partial charge in [-0.05, 0) is 57.8 Å². The van der Waals surface area contributed by atoms with Crippen molar-refractivity contribution in [2.75, 3.05) is 13.2 Å². The standard InChI is InChI=1S/C49H93O8P/c1-3-5-7-9-11-13-15-17-19-21-22-23-24-25-26-28-29-31-33-35-37-39-41-43-48(50)55-45-47(46-56-58(52,53)54)57-49(51)44-42-40-38-36-34-32-30-27-20-18-16-14-12-10-8-6-4-2/h14,16,35,37,47H,3-13,15,17-34,36,38-46H2,1-2H3,(H2,52,53,54)/b16-14+,37-35+/t47-/m1/s1. The Bertz CT molecular complexity index is 993. The SMILES string of the molecule is CCCCCC/C=C/CCCCCCCCCCCC(=O)O[C@H](COC(=O)CCC/C=C/CCCCCCCCCCCCCCCCCCCC)COP(=O)(O)O. The molecule has 0 unspecified atom stereocenters. The zero-order valence-corrected chi connectivity index (χ0v) is 38.9. The van der Waals surface area contributed by atoms with Gasteiger partial charge in [0, 0.05) is 12.8 Å². The van der Waals surface area contributed by atoms with Crippen LogP contribution in [-0.2, 0) is 28.2 Å². The van der Waals surface area contributed by atoms with Crippen LogP contribution >= 0.6 is 7.82 Å². The quantitative estimate of drug-likeness (QED) is 0.0269. The van der Waals surface area contributed by atoms with Crippen molar-refractivity contribution in [3.05, 3.63) is 24.3 Å². The zero-order valence-electron chi connectivity index (χ0n) is 38.0. The Balaban J connectivity index is 3.82. The van der Waals surface area contributed by atoms with E-state index in [9.17, 15) is 14.2 Å². The first-order chi connectivity index (χ1) is 28.3. The summed E-state index contributed by atoms with van der Waals surface area (Å²) in [4.78, 5) is 43.0. The van der Waals surface area contributed by atoms with Gasteiger partial charge < -0.3 is 19.3 Å². The molecule has 0 rings (SSSR count). The number of unbranched alkanes of at least 4 members (excludes halogenated alkanes) is 32. The minimum Gasteiger partial charge on any atom is -0.462 e. The van der Waals surface area contributed by atoms with Gasteiger partial charge >= 0.3 is 19.8 Å². The summed E-state index contributed by atoms with van der Waals surface area (Å²) in [6, 6.07) is 0. The highest BCUT2D eigenvalue weighted by Gasteiger charge is 2.22. The highest BCUT2D eigenvalue weighted by Crippen LogP contribution is 2.36. The second-order valence-corrected chi connectivity index (χ2v) is 18.0. The molecule has 0 aliphatic rings. The fourth-order valence-electron chi connectivity index (χ4n) is 7.26. The lowest BCUT2D eigenvalue weighted by Gasteiger charge is -2.18. The highest BCUT2D eigenvalue weighted by atomic mass is 31.2. The van der Waals surface area contributed by atoms with E-state index in [1.165, 1.54) is 186 Å². The highest BCUT2D eigenvalue weighted by molar-refractivity contribution is 7.46. The summed E-state index contributed by atoms with van der Waals surface area (Å²) >= 11 is 0. The van der Waals surface area contributed by atoms with E-state index in [4.69, 9.17) is 19.3 Å². The van der Waals surface area contributed by atoms with E-state index in [-0.39, 0.29) is 19.4 Å². The molecule has 0 aliphatic carbocycles. The van der Waals surface area contributed by atoms with Gasteiger partial charge in [-0.3, -0.25) is 14.1 Å². The maximum absolute atomic E-state index is 12.4. The number of esters is 2. The molecule has 0 amide bonds. The van der Waals surface area contributed by atoms with Crippen molar-refractivity contribution in [1.82, 2.24) is 0 Å². The van der Waals surface area contributed by atoms with E-state index >= 15 is 0 Å². The lowest BCUT2D eigenvalue weighted by molar-refractivity contribution is -0.161.